The van der Waals surface area contributed by atoms with Crippen molar-refractivity contribution < 1.29 is 9.31 Å². The Bertz CT molecular complexity index is 331. The molecule has 0 bridgehead atoms. The van der Waals surface area contributed by atoms with Crippen molar-refractivity contribution in [2.75, 3.05) is 13.2 Å². The van der Waals surface area contributed by atoms with E-state index >= 15 is 0 Å². The van der Waals surface area contributed by atoms with Crippen molar-refractivity contribution in [3.63, 3.8) is 0 Å². The molecule has 78 valence electrons. The lowest BCUT2D eigenvalue weighted by Gasteiger charge is -2.16. The van der Waals surface area contributed by atoms with E-state index in [1.807, 2.05) is 36.3 Å². The molecular formula is C11H12BClO2. The quantitative estimate of drug-likeness (QED) is 0.717. The van der Waals surface area contributed by atoms with Gasteiger partial charge in [0.15, 0.2) is 0 Å². The Labute approximate surface area is 95.0 Å². The van der Waals surface area contributed by atoms with Crippen molar-refractivity contribution in [1.29, 1.82) is 0 Å². The minimum Gasteiger partial charge on any atom is -0.408 e. The predicted molar refractivity (Wildman–Crippen MR) is 62.8 cm³/mol. The Morgan fingerprint density at radius 3 is 2.47 bits per heavy atom. The summed E-state index contributed by atoms with van der Waals surface area (Å²) in [5.41, 5.74) is 1.09. The highest BCUT2D eigenvalue weighted by molar-refractivity contribution is 6.51. The van der Waals surface area contributed by atoms with E-state index in [-0.39, 0.29) is 7.12 Å². The van der Waals surface area contributed by atoms with Crippen molar-refractivity contribution in [2.45, 2.75) is 6.42 Å². The third-order valence-corrected chi connectivity index (χ3v) is 2.42. The van der Waals surface area contributed by atoms with Gasteiger partial charge in [-0.05, 0) is 24.1 Å². The third-order valence-electron chi connectivity index (χ3n) is 2.17. The first-order chi connectivity index (χ1) is 7.34. The van der Waals surface area contributed by atoms with Crippen molar-refractivity contribution >= 4 is 24.8 Å². The molecule has 1 saturated heterocycles. The van der Waals surface area contributed by atoms with E-state index in [4.69, 9.17) is 20.9 Å². The van der Waals surface area contributed by atoms with E-state index in [1.54, 1.807) is 0 Å². The van der Waals surface area contributed by atoms with Gasteiger partial charge in [0.25, 0.3) is 0 Å². The lowest BCUT2D eigenvalue weighted by atomic mass is 9.87. The van der Waals surface area contributed by atoms with E-state index in [0.29, 0.717) is 0 Å². The van der Waals surface area contributed by atoms with Gasteiger partial charge in [-0.25, -0.2) is 0 Å². The first kappa shape index (κ1) is 10.7. The number of benzene rings is 1. The van der Waals surface area contributed by atoms with Crippen LogP contribution in [0.5, 0.6) is 0 Å². The van der Waals surface area contributed by atoms with Crippen LogP contribution >= 0.6 is 11.6 Å². The zero-order valence-electron chi connectivity index (χ0n) is 8.36. The van der Waals surface area contributed by atoms with Crippen LogP contribution in [0.15, 0.2) is 30.2 Å². The van der Waals surface area contributed by atoms with Crippen LogP contribution in [-0.4, -0.2) is 20.3 Å². The summed E-state index contributed by atoms with van der Waals surface area (Å²) in [4.78, 5) is 0. The lowest BCUT2D eigenvalue weighted by molar-refractivity contribution is 0.142. The molecule has 1 heterocycles. The molecule has 1 aliphatic heterocycles. The zero-order chi connectivity index (χ0) is 10.5. The van der Waals surface area contributed by atoms with E-state index in [1.165, 1.54) is 0 Å². The van der Waals surface area contributed by atoms with Gasteiger partial charge in [-0.3, -0.25) is 0 Å². The molecule has 1 aromatic carbocycles. The number of hydrogen-bond donors (Lipinski definition) is 0. The Kier molecular flexibility index (Phi) is 3.84. The van der Waals surface area contributed by atoms with Gasteiger partial charge in [0.05, 0.1) is 0 Å². The average molecular weight is 222 g/mol. The molecule has 0 saturated carbocycles. The molecule has 1 fully saturated rings. The van der Waals surface area contributed by atoms with Crippen molar-refractivity contribution in [3.05, 3.63) is 40.8 Å². The predicted octanol–water partition coefficient (Wildman–Crippen LogP) is 2.82. The number of rotatable bonds is 2. The van der Waals surface area contributed by atoms with Crippen LogP contribution in [-0.2, 0) is 9.31 Å². The second-order valence-electron chi connectivity index (χ2n) is 3.37. The molecule has 2 rings (SSSR count). The number of hydrogen-bond acceptors (Lipinski definition) is 2. The fourth-order valence-corrected chi connectivity index (χ4v) is 1.51. The molecular weight excluding hydrogens is 210 g/mol. The van der Waals surface area contributed by atoms with Crippen LogP contribution in [0.1, 0.15) is 12.0 Å². The van der Waals surface area contributed by atoms with Gasteiger partial charge in [0.1, 0.15) is 0 Å². The minimum absolute atomic E-state index is 0.200. The molecule has 4 heteroatoms. The Balaban J connectivity index is 1.95. The van der Waals surface area contributed by atoms with Crippen LogP contribution in [0.3, 0.4) is 0 Å². The maximum atomic E-state index is 5.79. The second-order valence-corrected chi connectivity index (χ2v) is 3.81. The molecule has 0 amide bonds. The van der Waals surface area contributed by atoms with E-state index in [0.717, 1.165) is 30.2 Å². The van der Waals surface area contributed by atoms with Gasteiger partial charge < -0.3 is 9.31 Å². The Hall–Kier alpha value is -0.765. The summed E-state index contributed by atoms with van der Waals surface area (Å²) in [5.74, 6) is 1.92. The fourth-order valence-electron chi connectivity index (χ4n) is 1.38. The average Bonchev–Trinajstić information content (AvgIpc) is 2.30. The lowest BCUT2D eigenvalue weighted by Crippen LogP contribution is -2.27. The summed E-state index contributed by atoms with van der Waals surface area (Å²) in [6, 6.07) is 7.65. The minimum atomic E-state index is -0.200. The standard InChI is InChI=1S/C11H12BClO2/c13-11-4-2-10(3-5-11)6-7-12-14-8-1-9-15-12/h2-7H,1,8-9H2/b7-6+. The smallest absolute Gasteiger partial charge is 0.408 e. The largest absolute Gasteiger partial charge is 0.486 e. The summed E-state index contributed by atoms with van der Waals surface area (Å²) < 4.78 is 10.8. The van der Waals surface area contributed by atoms with Crippen molar-refractivity contribution in [1.82, 2.24) is 0 Å². The molecule has 0 radical (unpaired) electrons. The van der Waals surface area contributed by atoms with Crippen molar-refractivity contribution in [2.24, 2.45) is 0 Å². The van der Waals surface area contributed by atoms with Crippen LogP contribution in [0.2, 0.25) is 5.02 Å². The summed E-state index contributed by atoms with van der Waals surface area (Å²) in [6.07, 6.45) is 2.96. The molecule has 1 aliphatic rings. The highest BCUT2D eigenvalue weighted by Gasteiger charge is 2.17. The van der Waals surface area contributed by atoms with Crippen LogP contribution < -0.4 is 0 Å². The Morgan fingerprint density at radius 1 is 1.13 bits per heavy atom. The van der Waals surface area contributed by atoms with Gasteiger partial charge in [0, 0.05) is 18.2 Å². The Morgan fingerprint density at radius 2 is 1.80 bits per heavy atom. The van der Waals surface area contributed by atoms with Gasteiger partial charge in [0.2, 0.25) is 0 Å². The van der Waals surface area contributed by atoms with Crippen LogP contribution in [0, 0.1) is 0 Å². The number of halogens is 1. The normalized spacial score (nSPS) is 17.3. The van der Waals surface area contributed by atoms with E-state index < -0.39 is 0 Å². The van der Waals surface area contributed by atoms with E-state index in [9.17, 15) is 0 Å². The molecule has 0 aromatic heterocycles. The molecule has 2 nitrogen and oxygen atoms in total. The molecule has 0 atom stereocenters. The van der Waals surface area contributed by atoms with Gasteiger partial charge >= 0.3 is 7.12 Å². The van der Waals surface area contributed by atoms with Crippen LogP contribution in [0.25, 0.3) is 6.08 Å². The highest BCUT2D eigenvalue weighted by Crippen LogP contribution is 2.11. The van der Waals surface area contributed by atoms with Gasteiger partial charge in [-0.2, -0.15) is 0 Å². The van der Waals surface area contributed by atoms with Gasteiger partial charge in [-0.15, -0.1) is 0 Å². The molecule has 0 unspecified atom stereocenters. The first-order valence-electron chi connectivity index (χ1n) is 5.01. The topological polar surface area (TPSA) is 18.5 Å². The van der Waals surface area contributed by atoms with E-state index in [2.05, 4.69) is 0 Å². The van der Waals surface area contributed by atoms with Crippen LogP contribution in [0.4, 0.5) is 0 Å². The SMILES string of the molecule is Clc1ccc(/C=C/B2OCCCO2)cc1. The van der Waals surface area contributed by atoms with Crippen molar-refractivity contribution in [3.8, 4) is 0 Å². The monoisotopic (exact) mass is 222 g/mol. The molecule has 1 aromatic rings. The molecule has 15 heavy (non-hydrogen) atoms. The second kappa shape index (κ2) is 5.35. The summed E-state index contributed by atoms with van der Waals surface area (Å²) >= 11 is 5.79. The fraction of sp³-hybridized carbons (Fsp3) is 0.273. The summed E-state index contributed by atoms with van der Waals surface area (Å²) in [6.45, 7) is 1.55. The zero-order valence-corrected chi connectivity index (χ0v) is 9.11. The molecule has 0 N–H and O–H groups in total. The maximum Gasteiger partial charge on any atom is 0.486 e. The summed E-state index contributed by atoms with van der Waals surface area (Å²) in [5, 5.41) is 0.748. The van der Waals surface area contributed by atoms with Gasteiger partial charge in [-0.1, -0.05) is 35.8 Å². The molecule has 0 spiro atoms. The maximum absolute atomic E-state index is 5.79. The molecule has 0 aliphatic carbocycles. The summed E-state index contributed by atoms with van der Waals surface area (Å²) in [7, 11) is -0.200. The third kappa shape index (κ3) is 3.38. The first-order valence-corrected chi connectivity index (χ1v) is 5.39. The highest BCUT2D eigenvalue weighted by atomic mass is 35.5.